The number of carbonyl (C=O) groups is 1. The second kappa shape index (κ2) is 11.4. The third kappa shape index (κ3) is 5.62. The molecular weight excluding hydrogens is 526 g/mol. The number of fused-ring (bicyclic) bond motifs is 3. The number of hydrogen-bond acceptors (Lipinski definition) is 6. The van der Waals surface area contributed by atoms with Crippen LogP contribution < -0.4 is 0 Å². The first-order chi connectivity index (χ1) is 20.2. The molecule has 1 aliphatic rings. The predicted octanol–water partition coefficient (Wildman–Crippen LogP) is 3.55. The molecule has 0 fully saturated rings. The number of aryl methyl sites for hydroxylation is 3. The zero-order chi connectivity index (χ0) is 29.4. The Morgan fingerprint density at radius 3 is 2.43 bits per heavy atom. The van der Waals surface area contributed by atoms with E-state index < -0.39 is 0 Å². The van der Waals surface area contributed by atoms with Crippen LogP contribution in [0.1, 0.15) is 22.6 Å². The zero-order valence-electron chi connectivity index (χ0n) is 24.9. The van der Waals surface area contributed by atoms with Crippen LogP contribution in [0.15, 0.2) is 61.3 Å². The van der Waals surface area contributed by atoms with Gasteiger partial charge >= 0.3 is 0 Å². The molecule has 1 amide bonds. The Labute approximate surface area is 246 Å². The normalized spacial score (nSPS) is 12.4. The van der Waals surface area contributed by atoms with Crippen LogP contribution in [0.4, 0.5) is 0 Å². The van der Waals surface area contributed by atoms with E-state index in [-0.39, 0.29) is 12.5 Å². The number of amides is 1. The molecule has 4 aromatic heterocycles. The molecule has 0 saturated heterocycles. The molecule has 0 spiro atoms. The second-order valence-corrected chi connectivity index (χ2v) is 11.5. The van der Waals surface area contributed by atoms with E-state index in [9.17, 15) is 4.79 Å². The van der Waals surface area contributed by atoms with E-state index in [0.717, 1.165) is 65.5 Å². The van der Waals surface area contributed by atoms with Gasteiger partial charge in [0.15, 0.2) is 0 Å². The largest absolute Gasteiger partial charge is 0.350 e. The molecule has 0 atom stereocenters. The summed E-state index contributed by atoms with van der Waals surface area (Å²) < 4.78 is 5.88. The Hall–Kier alpha value is -4.57. The van der Waals surface area contributed by atoms with Crippen molar-refractivity contribution in [3.8, 4) is 33.6 Å². The van der Waals surface area contributed by atoms with Crippen molar-refractivity contribution in [2.24, 2.45) is 7.05 Å². The highest BCUT2D eigenvalue weighted by Crippen LogP contribution is 2.41. The molecule has 0 unspecified atom stereocenters. The van der Waals surface area contributed by atoms with Crippen molar-refractivity contribution in [1.29, 1.82) is 0 Å². The Balaban J connectivity index is 1.26. The first kappa shape index (κ1) is 27.6. The van der Waals surface area contributed by atoms with E-state index in [4.69, 9.17) is 15.1 Å². The summed E-state index contributed by atoms with van der Waals surface area (Å²) in [6.07, 6.45) is 12.5. The van der Waals surface area contributed by atoms with Crippen LogP contribution in [0.5, 0.6) is 0 Å². The minimum absolute atomic E-state index is 0.00963. The molecule has 0 radical (unpaired) electrons. The summed E-state index contributed by atoms with van der Waals surface area (Å²) >= 11 is 0. The van der Waals surface area contributed by atoms with Gasteiger partial charge in [-0.1, -0.05) is 24.3 Å². The van der Waals surface area contributed by atoms with Crippen molar-refractivity contribution in [2.45, 2.75) is 32.4 Å². The number of aromatic nitrogens is 7. The van der Waals surface area contributed by atoms with Crippen molar-refractivity contribution in [3.63, 3.8) is 0 Å². The van der Waals surface area contributed by atoms with Crippen LogP contribution in [-0.2, 0) is 44.2 Å². The summed E-state index contributed by atoms with van der Waals surface area (Å²) in [5.41, 5.74) is 10.0. The molecule has 5 aromatic rings. The van der Waals surface area contributed by atoms with Gasteiger partial charge in [-0.05, 0) is 55.3 Å². The summed E-state index contributed by atoms with van der Waals surface area (Å²) in [7, 11) is 9.75. The SMILES string of the molecule is CN(C)CCn1ccc(Cc2ncc3c(n2)-c2c(cn(C)c2-c2ccc(-c4cnn(CC(=O)N(C)C)c4)cc2)CC3)n1. The number of rotatable bonds is 9. The fourth-order valence-electron chi connectivity index (χ4n) is 5.48. The van der Waals surface area contributed by atoms with Crippen molar-refractivity contribution in [2.75, 3.05) is 34.7 Å². The molecule has 0 N–H and O–H groups in total. The third-order valence-electron chi connectivity index (χ3n) is 7.81. The fraction of sp³-hybridized carbons (Fsp3) is 0.344. The average Bonchev–Trinajstić information content (AvgIpc) is 3.70. The summed E-state index contributed by atoms with van der Waals surface area (Å²) in [4.78, 5) is 25.6. The van der Waals surface area contributed by atoms with Gasteiger partial charge < -0.3 is 14.4 Å². The van der Waals surface area contributed by atoms with E-state index in [1.165, 1.54) is 16.7 Å². The molecule has 1 aromatic carbocycles. The van der Waals surface area contributed by atoms with E-state index >= 15 is 0 Å². The standard InChI is InChI=1S/C32H37N9O/c1-37(2)14-15-40-13-12-27(36-40)16-28-33-17-24-10-11-25-19-39(5)32(30(25)31(24)35-28)23-8-6-22(7-9-23)26-18-34-41(20-26)21-29(42)38(3)4/h6-9,12-13,17-20H,10-11,14-16,21H2,1-5H3. The second-order valence-electron chi connectivity index (χ2n) is 11.5. The van der Waals surface area contributed by atoms with Crippen LogP contribution in [0.3, 0.4) is 0 Å². The third-order valence-corrected chi connectivity index (χ3v) is 7.81. The maximum absolute atomic E-state index is 12.1. The first-order valence-corrected chi connectivity index (χ1v) is 14.3. The van der Waals surface area contributed by atoms with Crippen LogP contribution in [0.2, 0.25) is 0 Å². The van der Waals surface area contributed by atoms with Crippen LogP contribution >= 0.6 is 0 Å². The highest BCUT2D eigenvalue weighted by atomic mass is 16.2. The van der Waals surface area contributed by atoms with Gasteiger partial charge in [0.2, 0.25) is 5.91 Å². The van der Waals surface area contributed by atoms with Crippen LogP contribution in [-0.4, -0.2) is 84.5 Å². The minimum Gasteiger partial charge on any atom is -0.350 e. The van der Waals surface area contributed by atoms with Gasteiger partial charge in [0.25, 0.3) is 0 Å². The molecule has 6 rings (SSSR count). The zero-order valence-corrected chi connectivity index (χ0v) is 24.9. The Morgan fingerprint density at radius 2 is 1.67 bits per heavy atom. The van der Waals surface area contributed by atoms with Crippen LogP contribution in [0, 0.1) is 0 Å². The van der Waals surface area contributed by atoms with Crippen molar-refractivity contribution >= 4 is 5.91 Å². The van der Waals surface area contributed by atoms with Crippen molar-refractivity contribution < 1.29 is 4.79 Å². The van der Waals surface area contributed by atoms with Gasteiger partial charge in [0.1, 0.15) is 12.4 Å². The van der Waals surface area contributed by atoms with E-state index in [1.54, 1.807) is 23.7 Å². The lowest BCUT2D eigenvalue weighted by molar-refractivity contribution is -0.129. The number of nitrogens with zero attached hydrogens (tertiary/aromatic N) is 9. The van der Waals surface area contributed by atoms with Gasteiger partial charge in [-0.25, -0.2) is 9.97 Å². The number of likely N-dealkylation sites (N-methyl/N-ethyl adjacent to an activating group) is 2. The summed E-state index contributed by atoms with van der Waals surface area (Å²) in [6, 6.07) is 10.6. The summed E-state index contributed by atoms with van der Waals surface area (Å²) in [6.45, 7) is 2.02. The topological polar surface area (TPSA) is 89.9 Å². The molecule has 10 heteroatoms. The van der Waals surface area contributed by atoms with E-state index in [1.807, 2.05) is 29.5 Å². The summed E-state index contributed by atoms with van der Waals surface area (Å²) in [5, 5.41) is 9.12. The maximum atomic E-state index is 12.1. The lowest BCUT2D eigenvalue weighted by Crippen LogP contribution is -2.26. The van der Waals surface area contributed by atoms with Gasteiger partial charge in [0.05, 0.1) is 36.2 Å². The molecule has 216 valence electrons. The molecule has 0 aliphatic heterocycles. The molecule has 1 aliphatic carbocycles. The quantitative estimate of drug-likeness (QED) is 0.273. The molecule has 0 saturated carbocycles. The first-order valence-electron chi connectivity index (χ1n) is 14.3. The Kier molecular flexibility index (Phi) is 7.47. The highest BCUT2D eigenvalue weighted by molar-refractivity contribution is 5.86. The van der Waals surface area contributed by atoms with Gasteiger partial charge in [0, 0.05) is 63.6 Å². The number of hydrogen-bond donors (Lipinski definition) is 0. The number of benzene rings is 1. The Morgan fingerprint density at radius 1 is 0.905 bits per heavy atom. The predicted molar refractivity (Wildman–Crippen MR) is 163 cm³/mol. The summed E-state index contributed by atoms with van der Waals surface area (Å²) in [5.74, 6) is 0.796. The molecule has 4 heterocycles. The number of carbonyl (C=O) groups excluding carboxylic acids is 1. The monoisotopic (exact) mass is 563 g/mol. The van der Waals surface area contributed by atoms with Crippen molar-refractivity contribution in [3.05, 3.63) is 84.0 Å². The minimum atomic E-state index is 0.00963. The average molecular weight is 564 g/mol. The van der Waals surface area contributed by atoms with E-state index in [2.05, 4.69) is 72.2 Å². The van der Waals surface area contributed by atoms with E-state index in [0.29, 0.717) is 6.42 Å². The van der Waals surface area contributed by atoms with Crippen LogP contribution in [0.25, 0.3) is 33.6 Å². The Bertz CT molecular complexity index is 1720. The fourth-order valence-corrected chi connectivity index (χ4v) is 5.48. The lowest BCUT2D eigenvalue weighted by atomic mass is 9.89. The molecule has 42 heavy (non-hydrogen) atoms. The maximum Gasteiger partial charge on any atom is 0.243 e. The smallest absolute Gasteiger partial charge is 0.243 e. The van der Waals surface area contributed by atoms with Gasteiger partial charge in [-0.2, -0.15) is 10.2 Å². The van der Waals surface area contributed by atoms with Crippen molar-refractivity contribution in [1.82, 2.24) is 43.9 Å². The molecule has 0 bridgehead atoms. The molecular formula is C32H37N9O. The highest BCUT2D eigenvalue weighted by Gasteiger charge is 2.26. The van der Waals surface area contributed by atoms with Gasteiger partial charge in [-0.3, -0.25) is 14.2 Å². The lowest BCUT2D eigenvalue weighted by Gasteiger charge is -2.18. The van der Waals surface area contributed by atoms with Gasteiger partial charge in [-0.15, -0.1) is 0 Å². The molecule has 10 nitrogen and oxygen atoms in total.